The summed E-state index contributed by atoms with van der Waals surface area (Å²) in [5, 5.41) is 8.32. The summed E-state index contributed by atoms with van der Waals surface area (Å²) in [4.78, 5) is 33.4. The lowest BCUT2D eigenvalue weighted by Gasteiger charge is -2.37. The highest BCUT2D eigenvalue weighted by molar-refractivity contribution is 5.83. The number of amides is 3. The highest BCUT2D eigenvalue weighted by Gasteiger charge is 2.32. The van der Waals surface area contributed by atoms with E-state index in [4.69, 9.17) is 4.74 Å². The molecule has 2 saturated heterocycles. The van der Waals surface area contributed by atoms with E-state index in [1.807, 2.05) is 19.1 Å². The first kappa shape index (κ1) is 25.0. The number of nitrogens with zero attached hydrogens (tertiary/aromatic N) is 3. The summed E-state index contributed by atoms with van der Waals surface area (Å²) in [6.45, 7) is 7.18. The van der Waals surface area contributed by atoms with Crippen molar-refractivity contribution in [3.8, 4) is 5.75 Å². The molecule has 2 fully saturated rings. The van der Waals surface area contributed by atoms with Gasteiger partial charge in [-0.15, -0.1) is 0 Å². The van der Waals surface area contributed by atoms with E-state index >= 15 is 0 Å². The van der Waals surface area contributed by atoms with E-state index in [1.54, 1.807) is 11.1 Å². The zero-order chi connectivity index (χ0) is 25.6. The number of pyridine rings is 1. The number of likely N-dealkylation sites (tertiary alicyclic amines) is 1. The Morgan fingerprint density at radius 1 is 1.14 bits per heavy atom. The molecule has 0 unspecified atom stereocenters. The third-order valence-electron chi connectivity index (χ3n) is 7.20. The molecule has 1 aromatic heterocycles. The van der Waals surface area contributed by atoms with Gasteiger partial charge in [0.1, 0.15) is 5.75 Å². The van der Waals surface area contributed by atoms with Crippen LogP contribution >= 0.6 is 0 Å². The van der Waals surface area contributed by atoms with Gasteiger partial charge in [0.25, 0.3) is 0 Å². The predicted molar refractivity (Wildman–Crippen MR) is 143 cm³/mol. The number of ether oxygens (including phenoxy) is 1. The number of carbonyl (C=O) groups is 2. The number of hydrogen-bond acceptors (Lipinski definition) is 5. The third-order valence-corrected chi connectivity index (χ3v) is 7.20. The van der Waals surface area contributed by atoms with Crippen molar-refractivity contribution in [2.24, 2.45) is 11.8 Å². The van der Waals surface area contributed by atoms with Crippen molar-refractivity contribution in [3.05, 3.63) is 72.1 Å². The summed E-state index contributed by atoms with van der Waals surface area (Å²) in [5.74, 6) is 0.883. The minimum Gasteiger partial charge on any atom is -0.492 e. The summed E-state index contributed by atoms with van der Waals surface area (Å²) < 4.78 is 6.07. The fourth-order valence-electron chi connectivity index (χ4n) is 5.27. The average Bonchev–Trinajstić information content (AvgIpc) is 3.32. The minimum atomic E-state index is -0.133. The Morgan fingerprint density at radius 2 is 2.00 bits per heavy atom. The van der Waals surface area contributed by atoms with Crippen LogP contribution in [0.25, 0.3) is 10.8 Å². The van der Waals surface area contributed by atoms with Crippen LogP contribution in [0.15, 0.2) is 60.8 Å². The third kappa shape index (κ3) is 6.57. The van der Waals surface area contributed by atoms with Crippen LogP contribution in [0.3, 0.4) is 0 Å². The number of carbonyl (C=O) groups excluding carboxylic acids is 2. The molecule has 8 nitrogen and oxygen atoms in total. The number of fused-ring (bicyclic) bond motifs is 1. The molecule has 0 radical (unpaired) electrons. The molecule has 0 aliphatic carbocycles. The second-order valence-corrected chi connectivity index (χ2v) is 10.1. The standard InChI is InChI=1S/C29H35N5O3/c1-21-6-9-27(16-32-21)37-20-23-15-26(28(35)30-10-12-34-13-11-31-29(34)36)19-33(18-23)17-22-7-8-24-4-2-3-5-25(24)14-22/h2-9,14,16,23,26H,10-13,15,17-20H2,1H3,(H,30,35)(H,31,36)/t23-,26+/m0/s1. The molecule has 5 rings (SSSR count). The summed E-state index contributed by atoms with van der Waals surface area (Å²) >= 11 is 0. The van der Waals surface area contributed by atoms with Crippen LogP contribution < -0.4 is 15.4 Å². The number of nitrogens with one attached hydrogen (secondary N) is 2. The Kier molecular flexibility index (Phi) is 7.84. The molecule has 2 atom stereocenters. The summed E-state index contributed by atoms with van der Waals surface area (Å²) in [6, 6.07) is 18.8. The van der Waals surface area contributed by atoms with E-state index in [9.17, 15) is 9.59 Å². The Hall–Kier alpha value is -3.65. The quantitative estimate of drug-likeness (QED) is 0.470. The number of rotatable bonds is 9. The van der Waals surface area contributed by atoms with Gasteiger partial charge < -0.3 is 20.3 Å². The molecular formula is C29H35N5O3. The number of piperidine rings is 1. The van der Waals surface area contributed by atoms with Crippen LogP contribution in [-0.4, -0.2) is 72.6 Å². The smallest absolute Gasteiger partial charge is 0.317 e. The molecule has 3 aromatic rings. The molecule has 3 amide bonds. The first-order chi connectivity index (χ1) is 18.0. The van der Waals surface area contributed by atoms with Gasteiger partial charge in [0.05, 0.1) is 18.7 Å². The number of hydrogen-bond donors (Lipinski definition) is 2. The maximum Gasteiger partial charge on any atom is 0.317 e. The van der Waals surface area contributed by atoms with E-state index < -0.39 is 0 Å². The highest BCUT2D eigenvalue weighted by atomic mass is 16.5. The first-order valence-corrected chi connectivity index (χ1v) is 13.1. The molecule has 8 heteroatoms. The Morgan fingerprint density at radius 3 is 2.78 bits per heavy atom. The van der Waals surface area contributed by atoms with Gasteiger partial charge >= 0.3 is 6.03 Å². The predicted octanol–water partition coefficient (Wildman–Crippen LogP) is 3.20. The van der Waals surface area contributed by atoms with Gasteiger partial charge in [-0.1, -0.05) is 36.4 Å². The SMILES string of the molecule is Cc1ccc(OC[C@H]2C[C@@H](C(=O)NCCN3CCNC3=O)CN(Cc3ccc4ccccc4c3)C2)cn1. The largest absolute Gasteiger partial charge is 0.492 e. The molecule has 3 heterocycles. The van der Waals surface area contributed by atoms with Crippen LogP contribution in [0.2, 0.25) is 0 Å². The Bertz CT molecular complexity index is 1230. The van der Waals surface area contributed by atoms with Crippen molar-refractivity contribution in [1.29, 1.82) is 0 Å². The van der Waals surface area contributed by atoms with Gasteiger partial charge in [-0.05, 0) is 47.9 Å². The molecular weight excluding hydrogens is 466 g/mol. The van der Waals surface area contributed by atoms with E-state index in [-0.39, 0.29) is 23.8 Å². The molecule has 2 aromatic carbocycles. The lowest BCUT2D eigenvalue weighted by Crippen LogP contribution is -2.48. The van der Waals surface area contributed by atoms with Crippen molar-refractivity contribution in [1.82, 2.24) is 25.4 Å². The number of benzene rings is 2. The van der Waals surface area contributed by atoms with Crippen LogP contribution in [0, 0.1) is 18.8 Å². The fourth-order valence-corrected chi connectivity index (χ4v) is 5.27. The van der Waals surface area contributed by atoms with Crippen LogP contribution in [0.4, 0.5) is 4.79 Å². The number of urea groups is 1. The lowest BCUT2D eigenvalue weighted by atomic mass is 9.88. The van der Waals surface area contributed by atoms with Crippen LogP contribution in [0.5, 0.6) is 5.75 Å². The molecule has 2 aliphatic rings. The molecule has 37 heavy (non-hydrogen) atoms. The second-order valence-electron chi connectivity index (χ2n) is 10.1. The lowest BCUT2D eigenvalue weighted by molar-refractivity contribution is -0.127. The van der Waals surface area contributed by atoms with Gasteiger partial charge in [-0.3, -0.25) is 14.7 Å². The van der Waals surface area contributed by atoms with E-state index in [0.717, 1.165) is 31.0 Å². The molecule has 2 N–H and O–H groups in total. The van der Waals surface area contributed by atoms with Gasteiger partial charge in [0.15, 0.2) is 0 Å². The summed E-state index contributed by atoms with van der Waals surface area (Å²) in [7, 11) is 0. The Labute approximate surface area is 218 Å². The van der Waals surface area contributed by atoms with Crippen LogP contribution in [-0.2, 0) is 11.3 Å². The topological polar surface area (TPSA) is 86.8 Å². The molecule has 0 spiro atoms. The minimum absolute atomic E-state index is 0.0461. The van der Waals surface area contributed by atoms with Gasteiger partial charge in [0.2, 0.25) is 5.91 Å². The van der Waals surface area contributed by atoms with Crippen molar-refractivity contribution in [3.63, 3.8) is 0 Å². The highest BCUT2D eigenvalue weighted by Crippen LogP contribution is 2.26. The maximum atomic E-state index is 13.2. The monoisotopic (exact) mass is 501 g/mol. The van der Waals surface area contributed by atoms with Crippen molar-refractivity contribution in [2.75, 3.05) is 45.9 Å². The summed E-state index contributed by atoms with van der Waals surface area (Å²) in [6.07, 6.45) is 2.52. The first-order valence-electron chi connectivity index (χ1n) is 13.1. The normalized spacial score (nSPS) is 20.1. The zero-order valence-corrected chi connectivity index (χ0v) is 21.4. The fraction of sp³-hybridized carbons (Fsp3) is 0.414. The van der Waals surface area contributed by atoms with Crippen molar-refractivity contribution in [2.45, 2.75) is 19.9 Å². The number of aromatic nitrogens is 1. The molecule has 2 aliphatic heterocycles. The van der Waals surface area contributed by atoms with E-state index in [2.05, 4.69) is 63.0 Å². The second kappa shape index (κ2) is 11.6. The van der Waals surface area contributed by atoms with E-state index in [1.165, 1.54) is 16.3 Å². The number of aryl methyl sites for hydroxylation is 1. The zero-order valence-electron chi connectivity index (χ0n) is 21.4. The van der Waals surface area contributed by atoms with Crippen molar-refractivity contribution >= 4 is 22.7 Å². The van der Waals surface area contributed by atoms with Gasteiger partial charge in [-0.25, -0.2) is 4.79 Å². The maximum absolute atomic E-state index is 13.2. The summed E-state index contributed by atoms with van der Waals surface area (Å²) in [5.41, 5.74) is 2.19. The van der Waals surface area contributed by atoms with E-state index in [0.29, 0.717) is 39.3 Å². The average molecular weight is 502 g/mol. The van der Waals surface area contributed by atoms with Gasteiger partial charge in [-0.2, -0.15) is 0 Å². The van der Waals surface area contributed by atoms with Crippen molar-refractivity contribution < 1.29 is 14.3 Å². The molecule has 0 bridgehead atoms. The van der Waals surface area contributed by atoms with Gasteiger partial charge in [0, 0.05) is 57.4 Å². The van der Waals surface area contributed by atoms with Crippen LogP contribution in [0.1, 0.15) is 17.7 Å². The molecule has 0 saturated carbocycles. The molecule has 194 valence electrons. The Balaban J connectivity index is 1.23.